The fraction of sp³-hybridized carbons (Fsp3) is 0.692. The molecule has 108 valence electrons. The summed E-state index contributed by atoms with van der Waals surface area (Å²) >= 11 is 0. The van der Waals surface area contributed by atoms with Crippen LogP contribution in [0.4, 0.5) is 0 Å². The van der Waals surface area contributed by atoms with Gasteiger partial charge in [0.25, 0.3) is 0 Å². The van der Waals surface area contributed by atoms with Crippen LogP contribution in [0.5, 0.6) is 0 Å². The second kappa shape index (κ2) is 10.4. The zero-order valence-electron chi connectivity index (χ0n) is 11.5. The van der Waals surface area contributed by atoms with Crippen molar-refractivity contribution in [1.82, 2.24) is 5.32 Å². The third-order valence-electron chi connectivity index (χ3n) is 2.34. The Labute approximate surface area is 112 Å². The number of Topliss-reactive ketones (excluding diaryl/α,β-unsaturated/α-hetero) is 3. The largest absolute Gasteiger partial charge is 0.374 e. The van der Waals surface area contributed by atoms with E-state index >= 15 is 0 Å². The number of nitrogens with one attached hydrogen (secondary N) is 1. The van der Waals surface area contributed by atoms with E-state index < -0.39 is 0 Å². The number of hydrogen-bond acceptors (Lipinski definition) is 5. The van der Waals surface area contributed by atoms with Crippen molar-refractivity contribution in [3.05, 3.63) is 0 Å². The van der Waals surface area contributed by atoms with Gasteiger partial charge in [0, 0.05) is 32.3 Å². The molecule has 0 rings (SSSR count). The SMILES string of the molecule is CCOCC(=O)CCC(=O)NCC(=O)CCC(C)=O. The maximum atomic E-state index is 11.3. The van der Waals surface area contributed by atoms with E-state index in [4.69, 9.17) is 4.74 Å². The van der Waals surface area contributed by atoms with Crippen LogP contribution in [0.1, 0.15) is 39.5 Å². The van der Waals surface area contributed by atoms with Crippen LogP contribution >= 0.6 is 0 Å². The summed E-state index contributed by atoms with van der Waals surface area (Å²) in [5, 5.41) is 2.42. The Hall–Kier alpha value is -1.56. The standard InChI is InChI=1S/C13H21NO5/c1-3-19-9-12(17)6-7-13(18)14-8-11(16)5-4-10(2)15/h3-9H2,1-2H3,(H,14,18). The Morgan fingerprint density at radius 1 is 0.947 bits per heavy atom. The monoisotopic (exact) mass is 271 g/mol. The molecular formula is C13H21NO5. The molecule has 0 aliphatic carbocycles. The van der Waals surface area contributed by atoms with Gasteiger partial charge < -0.3 is 14.8 Å². The molecule has 0 saturated heterocycles. The van der Waals surface area contributed by atoms with Crippen molar-refractivity contribution in [3.8, 4) is 0 Å². The average Bonchev–Trinajstić information content (AvgIpc) is 2.37. The van der Waals surface area contributed by atoms with Gasteiger partial charge in [0.05, 0.1) is 6.54 Å². The summed E-state index contributed by atoms with van der Waals surface area (Å²) in [6, 6.07) is 0. The van der Waals surface area contributed by atoms with Crippen LogP contribution in [0.2, 0.25) is 0 Å². The van der Waals surface area contributed by atoms with Gasteiger partial charge in [-0.1, -0.05) is 0 Å². The highest BCUT2D eigenvalue weighted by Gasteiger charge is 2.09. The molecule has 0 spiro atoms. The quantitative estimate of drug-likeness (QED) is 0.588. The molecule has 0 heterocycles. The molecule has 0 atom stereocenters. The molecule has 0 aromatic heterocycles. The first kappa shape index (κ1) is 17.4. The van der Waals surface area contributed by atoms with E-state index in [0.29, 0.717) is 6.61 Å². The van der Waals surface area contributed by atoms with Crippen LogP contribution in [0.25, 0.3) is 0 Å². The summed E-state index contributed by atoms with van der Waals surface area (Å²) in [5.74, 6) is -0.730. The fourth-order valence-electron chi connectivity index (χ4n) is 1.23. The first-order chi connectivity index (χ1) is 8.95. The van der Waals surface area contributed by atoms with Crippen molar-refractivity contribution in [2.45, 2.75) is 39.5 Å². The van der Waals surface area contributed by atoms with Gasteiger partial charge in [-0.25, -0.2) is 0 Å². The average molecular weight is 271 g/mol. The molecule has 0 aromatic carbocycles. The number of carbonyl (C=O) groups is 4. The van der Waals surface area contributed by atoms with Crippen molar-refractivity contribution < 1.29 is 23.9 Å². The van der Waals surface area contributed by atoms with Gasteiger partial charge in [-0.05, 0) is 13.8 Å². The topological polar surface area (TPSA) is 89.5 Å². The van der Waals surface area contributed by atoms with Crippen molar-refractivity contribution in [1.29, 1.82) is 0 Å². The van der Waals surface area contributed by atoms with E-state index in [1.165, 1.54) is 6.92 Å². The molecule has 1 N–H and O–H groups in total. The van der Waals surface area contributed by atoms with Crippen LogP contribution in [0, 0.1) is 0 Å². The maximum absolute atomic E-state index is 11.3. The maximum Gasteiger partial charge on any atom is 0.220 e. The predicted molar refractivity (Wildman–Crippen MR) is 68.7 cm³/mol. The molecule has 0 saturated carbocycles. The van der Waals surface area contributed by atoms with Crippen LogP contribution in [0.15, 0.2) is 0 Å². The summed E-state index contributed by atoms with van der Waals surface area (Å²) in [6.45, 7) is 3.58. The number of carbonyl (C=O) groups excluding carboxylic acids is 4. The van der Waals surface area contributed by atoms with Gasteiger partial charge >= 0.3 is 0 Å². The van der Waals surface area contributed by atoms with Crippen LogP contribution in [-0.2, 0) is 23.9 Å². The highest BCUT2D eigenvalue weighted by molar-refractivity contribution is 5.90. The summed E-state index contributed by atoms with van der Waals surface area (Å²) in [4.78, 5) is 44.5. The Balaban J connectivity index is 3.66. The number of ketones is 3. The van der Waals surface area contributed by atoms with Gasteiger partial charge in [-0.15, -0.1) is 0 Å². The predicted octanol–water partition coefficient (Wildman–Crippen LogP) is 0.427. The second-order valence-corrected chi connectivity index (χ2v) is 4.19. The Morgan fingerprint density at radius 3 is 2.16 bits per heavy atom. The van der Waals surface area contributed by atoms with Crippen molar-refractivity contribution in [3.63, 3.8) is 0 Å². The van der Waals surface area contributed by atoms with E-state index in [1.54, 1.807) is 6.92 Å². The lowest BCUT2D eigenvalue weighted by Crippen LogP contribution is -2.30. The summed E-state index contributed by atoms with van der Waals surface area (Å²) in [7, 11) is 0. The molecule has 19 heavy (non-hydrogen) atoms. The lowest BCUT2D eigenvalue weighted by atomic mass is 10.1. The van der Waals surface area contributed by atoms with E-state index in [9.17, 15) is 19.2 Å². The molecule has 0 aliphatic heterocycles. The third-order valence-corrected chi connectivity index (χ3v) is 2.34. The molecule has 0 aromatic rings. The lowest BCUT2D eigenvalue weighted by Gasteiger charge is -2.04. The fourth-order valence-corrected chi connectivity index (χ4v) is 1.23. The van der Waals surface area contributed by atoms with Crippen LogP contribution in [-0.4, -0.2) is 43.0 Å². The van der Waals surface area contributed by atoms with E-state index in [0.717, 1.165) is 0 Å². The highest BCUT2D eigenvalue weighted by atomic mass is 16.5. The number of rotatable bonds is 11. The molecule has 0 aliphatic rings. The first-order valence-electron chi connectivity index (χ1n) is 6.33. The number of hydrogen-bond donors (Lipinski definition) is 1. The van der Waals surface area contributed by atoms with Gasteiger partial charge in [0.15, 0.2) is 11.6 Å². The smallest absolute Gasteiger partial charge is 0.220 e. The summed E-state index contributed by atoms with van der Waals surface area (Å²) in [5.41, 5.74) is 0. The molecule has 0 bridgehead atoms. The van der Waals surface area contributed by atoms with E-state index in [2.05, 4.69) is 5.32 Å². The van der Waals surface area contributed by atoms with Gasteiger partial charge in [0.1, 0.15) is 12.4 Å². The van der Waals surface area contributed by atoms with Crippen molar-refractivity contribution in [2.24, 2.45) is 0 Å². The molecular weight excluding hydrogens is 250 g/mol. The zero-order chi connectivity index (χ0) is 14.7. The van der Waals surface area contributed by atoms with Crippen LogP contribution < -0.4 is 5.32 Å². The zero-order valence-corrected chi connectivity index (χ0v) is 11.5. The molecule has 0 fully saturated rings. The van der Waals surface area contributed by atoms with Gasteiger partial charge in [0.2, 0.25) is 5.91 Å². The van der Waals surface area contributed by atoms with Crippen molar-refractivity contribution in [2.75, 3.05) is 19.8 Å². The number of amides is 1. The van der Waals surface area contributed by atoms with E-state index in [1.807, 2.05) is 0 Å². The second-order valence-electron chi connectivity index (χ2n) is 4.19. The Bertz CT molecular complexity index is 338. The molecule has 1 amide bonds. The van der Waals surface area contributed by atoms with Gasteiger partial charge in [-0.2, -0.15) is 0 Å². The van der Waals surface area contributed by atoms with E-state index in [-0.39, 0.29) is 62.1 Å². The highest BCUT2D eigenvalue weighted by Crippen LogP contribution is 1.94. The minimum atomic E-state index is -0.346. The van der Waals surface area contributed by atoms with Gasteiger partial charge in [-0.3, -0.25) is 14.4 Å². The third kappa shape index (κ3) is 11.3. The Kier molecular flexibility index (Phi) is 9.52. The minimum absolute atomic E-state index is 0.0152. The molecule has 0 unspecified atom stereocenters. The Morgan fingerprint density at radius 2 is 1.58 bits per heavy atom. The first-order valence-corrected chi connectivity index (χ1v) is 6.33. The van der Waals surface area contributed by atoms with Crippen molar-refractivity contribution >= 4 is 23.3 Å². The van der Waals surface area contributed by atoms with Crippen LogP contribution in [0.3, 0.4) is 0 Å². The lowest BCUT2D eigenvalue weighted by molar-refractivity contribution is -0.128. The molecule has 6 nitrogen and oxygen atoms in total. The normalized spacial score (nSPS) is 10.0. The number of ether oxygens (including phenoxy) is 1. The summed E-state index contributed by atoms with van der Waals surface area (Å²) < 4.78 is 4.91. The minimum Gasteiger partial charge on any atom is -0.374 e. The molecule has 0 radical (unpaired) electrons. The molecule has 6 heteroatoms. The summed E-state index contributed by atoms with van der Waals surface area (Å²) in [6.07, 6.45) is 0.486.